The topological polar surface area (TPSA) is 58.6 Å². The van der Waals surface area contributed by atoms with Gasteiger partial charge in [-0.1, -0.05) is 19.4 Å². The molecule has 5 heteroatoms. The van der Waals surface area contributed by atoms with E-state index in [0.29, 0.717) is 11.3 Å². The average Bonchev–Trinajstić information content (AvgIpc) is 2.45. The van der Waals surface area contributed by atoms with E-state index in [4.69, 9.17) is 4.74 Å². The van der Waals surface area contributed by atoms with Gasteiger partial charge in [0.1, 0.15) is 0 Å². The normalized spacial score (nSPS) is 12.1. The third kappa shape index (κ3) is 4.31. The van der Waals surface area contributed by atoms with Crippen LogP contribution < -0.4 is 5.32 Å². The second-order valence-electron chi connectivity index (χ2n) is 5.75. The summed E-state index contributed by atoms with van der Waals surface area (Å²) in [7, 11) is 5.09. The van der Waals surface area contributed by atoms with Gasteiger partial charge in [0, 0.05) is 0 Å². The molecule has 0 aliphatic rings. The number of carbonyl (C=O) groups excluding carboxylic acids is 2. The molecule has 1 aromatic carbocycles. The number of amides is 1. The summed E-state index contributed by atoms with van der Waals surface area (Å²) in [6, 6.07) is 3.45. The highest BCUT2D eigenvalue weighted by Gasteiger charge is 2.23. The van der Waals surface area contributed by atoms with Gasteiger partial charge in [-0.2, -0.15) is 0 Å². The van der Waals surface area contributed by atoms with Gasteiger partial charge in [0.15, 0.2) is 0 Å². The molecule has 1 atom stereocenters. The molecule has 0 aromatic heterocycles. The first-order valence-corrected chi connectivity index (χ1v) is 7.48. The van der Waals surface area contributed by atoms with Crippen LogP contribution in [-0.2, 0) is 9.53 Å². The Morgan fingerprint density at radius 3 is 2.41 bits per heavy atom. The van der Waals surface area contributed by atoms with Gasteiger partial charge < -0.3 is 10.1 Å². The summed E-state index contributed by atoms with van der Waals surface area (Å²) in [6.07, 6.45) is 1.67. The smallest absolute Gasteiger partial charge is 0.339 e. The molecule has 0 spiro atoms. The molecule has 0 heterocycles. The minimum absolute atomic E-state index is 0.107. The lowest BCUT2D eigenvalue weighted by Crippen LogP contribution is -2.40. The van der Waals surface area contributed by atoms with Crippen molar-refractivity contribution in [2.24, 2.45) is 0 Å². The molecule has 0 bridgehead atoms. The van der Waals surface area contributed by atoms with Crippen LogP contribution in [-0.4, -0.2) is 44.0 Å². The third-order valence-electron chi connectivity index (χ3n) is 3.62. The van der Waals surface area contributed by atoms with Crippen molar-refractivity contribution in [3.63, 3.8) is 0 Å². The van der Waals surface area contributed by atoms with Crippen molar-refractivity contribution in [3.05, 3.63) is 28.8 Å². The lowest BCUT2D eigenvalue weighted by molar-refractivity contribution is -0.120. The molecule has 1 N–H and O–H groups in total. The second-order valence-corrected chi connectivity index (χ2v) is 5.75. The molecule has 0 saturated carbocycles. The van der Waals surface area contributed by atoms with Gasteiger partial charge in [0.05, 0.1) is 24.4 Å². The predicted octanol–water partition coefficient (Wildman–Crippen LogP) is 2.76. The molecule has 0 aliphatic carbocycles. The molecular weight excluding hydrogens is 280 g/mol. The Labute approximate surface area is 132 Å². The van der Waals surface area contributed by atoms with E-state index in [1.165, 1.54) is 7.11 Å². The number of ether oxygens (including phenoxy) is 1. The van der Waals surface area contributed by atoms with Crippen LogP contribution in [0, 0.1) is 13.8 Å². The number of hydrogen-bond acceptors (Lipinski definition) is 4. The summed E-state index contributed by atoms with van der Waals surface area (Å²) < 4.78 is 4.82. The SMILES string of the molecule is CCCC(C(=O)Nc1c(C)cc(C)cc1C(=O)OC)N(C)C. The highest BCUT2D eigenvalue weighted by Crippen LogP contribution is 2.24. The number of likely N-dealkylation sites (N-methyl/N-ethyl adjacent to an activating group) is 1. The van der Waals surface area contributed by atoms with Crippen molar-refractivity contribution >= 4 is 17.6 Å². The Morgan fingerprint density at radius 1 is 1.27 bits per heavy atom. The zero-order valence-electron chi connectivity index (χ0n) is 14.3. The Hall–Kier alpha value is -1.88. The molecule has 1 unspecified atom stereocenters. The highest BCUT2D eigenvalue weighted by molar-refractivity contribution is 6.03. The number of rotatable bonds is 6. The Kier molecular flexibility index (Phi) is 6.56. The molecule has 0 fully saturated rings. The molecule has 0 radical (unpaired) electrons. The fourth-order valence-electron chi connectivity index (χ4n) is 2.51. The van der Waals surface area contributed by atoms with Crippen LogP contribution in [0.4, 0.5) is 5.69 Å². The molecule has 1 aromatic rings. The van der Waals surface area contributed by atoms with Crippen LogP contribution in [0.2, 0.25) is 0 Å². The van der Waals surface area contributed by atoms with Crippen LogP contribution in [0.25, 0.3) is 0 Å². The maximum absolute atomic E-state index is 12.5. The minimum atomic E-state index is -0.445. The summed E-state index contributed by atoms with van der Waals surface area (Å²) in [6.45, 7) is 5.82. The summed E-state index contributed by atoms with van der Waals surface area (Å²) in [5, 5.41) is 2.91. The van der Waals surface area contributed by atoms with Crippen molar-refractivity contribution in [2.75, 3.05) is 26.5 Å². The number of carbonyl (C=O) groups is 2. The van der Waals surface area contributed by atoms with Gasteiger partial charge in [-0.05, 0) is 51.6 Å². The number of nitrogens with zero attached hydrogens (tertiary/aromatic N) is 1. The standard InChI is InChI=1S/C17H26N2O3/c1-7-8-14(19(4)5)16(20)18-15-12(3)9-11(2)10-13(15)17(21)22-6/h9-10,14H,7-8H2,1-6H3,(H,18,20). The van der Waals surface area contributed by atoms with Crippen molar-refractivity contribution in [3.8, 4) is 0 Å². The number of anilines is 1. The number of nitrogens with one attached hydrogen (secondary N) is 1. The Balaban J connectivity index is 3.16. The Bertz CT molecular complexity index is 553. The zero-order valence-corrected chi connectivity index (χ0v) is 14.3. The van der Waals surface area contributed by atoms with Crippen molar-refractivity contribution in [2.45, 2.75) is 39.7 Å². The van der Waals surface area contributed by atoms with E-state index in [1.54, 1.807) is 6.07 Å². The number of benzene rings is 1. The maximum Gasteiger partial charge on any atom is 0.339 e. The molecule has 0 saturated heterocycles. The molecule has 22 heavy (non-hydrogen) atoms. The fraction of sp³-hybridized carbons (Fsp3) is 0.529. The van der Waals surface area contributed by atoms with E-state index in [9.17, 15) is 9.59 Å². The molecule has 122 valence electrons. The van der Waals surface area contributed by atoms with Gasteiger partial charge in [-0.15, -0.1) is 0 Å². The molecule has 1 amide bonds. The summed E-state index contributed by atoms with van der Waals surface area (Å²) in [5.41, 5.74) is 2.73. The maximum atomic E-state index is 12.5. The summed E-state index contributed by atoms with van der Waals surface area (Å²) in [4.78, 5) is 26.4. The number of methoxy groups -OCH3 is 1. The first-order chi connectivity index (χ1) is 10.3. The molecule has 0 aliphatic heterocycles. The quantitative estimate of drug-likeness (QED) is 0.821. The van der Waals surface area contributed by atoms with Crippen molar-refractivity contribution in [1.82, 2.24) is 4.90 Å². The predicted molar refractivity (Wildman–Crippen MR) is 88.3 cm³/mol. The van der Waals surface area contributed by atoms with E-state index >= 15 is 0 Å². The van der Waals surface area contributed by atoms with E-state index < -0.39 is 5.97 Å². The number of hydrogen-bond donors (Lipinski definition) is 1. The first kappa shape index (κ1) is 18.2. The zero-order chi connectivity index (χ0) is 16.9. The van der Waals surface area contributed by atoms with Crippen LogP contribution in [0.5, 0.6) is 0 Å². The lowest BCUT2D eigenvalue weighted by Gasteiger charge is -2.24. The van der Waals surface area contributed by atoms with Crippen molar-refractivity contribution in [1.29, 1.82) is 0 Å². The molecule has 1 rings (SSSR count). The molecular formula is C17H26N2O3. The second kappa shape index (κ2) is 7.94. The summed E-state index contributed by atoms with van der Waals surface area (Å²) in [5.74, 6) is -0.553. The van der Waals surface area contributed by atoms with Crippen LogP contribution in [0.1, 0.15) is 41.3 Å². The van der Waals surface area contributed by atoms with Gasteiger partial charge in [0.2, 0.25) is 5.91 Å². The van der Waals surface area contributed by atoms with Crippen LogP contribution in [0.3, 0.4) is 0 Å². The van der Waals surface area contributed by atoms with E-state index in [-0.39, 0.29) is 11.9 Å². The van der Waals surface area contributed by atoms with Gasteiger partial charge in [-0.25, -0.2) is 4.79 Å². The van der Waals surface area contributed by atoms with Crippen LogP contribution >= 0.6 is 0 Å². The van der Waals surface area contributed by atoms with E-state index in [2.05, 4.69) is 5.32 Å². The van der Waals surface area contributed by atoms with Crippen molar-refractivity contribution < 1.29 is 14.3 Å². The van der Waals surface area contributed by atoms with Crippen LogP contribution in [0.15, 0.2) is 12.1 Å². The minimum Gasteiger partial charge on any atom is -0.465 e. The average molecular weight is 306 g/mol. The highest BCUT2D eigenvalue weighted by atomic mass is 16.5. The van der Waals surface area contributed by atoms with Gasteiger partial charge in [0.25, 0.3) is 0 Å². The number of aryl methyl sites for hydroxylation is 2. The van der Waals surface area contributed by atoms with E-state index in [1.807, 2.05) is 45.8 Å². The van der Waals surface area contributed by atoms with Gasteiger partial charge >= 0.3 is 5.97 Å². The lowest BCUT2D eigenvalue weighted by atomic mass is 10.0. The van der Waals surface area contributed by atoms with Gasteiger partial charge in [-0.3, -0.25) is 9.69 Å². The largest absolute Gasteiger partial charge is 0.465 e. The first-order valence-electron chi connectivity index (χ1n) is 7.48. The third-order valence-corrected chi connectivity index (χ3v) is 3.62. The van der Waals surface area contributed by atoms with E-state index in [0.717, 1.165) is 24.0 Å². The molecule has 5 nitrogen and oxygen atoms in total. The Morgan fingerprint density at radius 2 is 1.91 bits per heavy atom. The summed E-state index contributed by atoms with van der Waals surface area (Å²) >= 11 is 0. The number of esters is 1. The fourth-order valence-corrected chi connectivity index (χ4v) is 2.51. The monoisotopic (exact) mass is 306 g/mol.